The molecule has 7 heteroatoms. The fourth-order valence-corrected chi connectivity index (χ4v) is 2.39. The zero-order chi connectivity index (χ0) is 13.9. The summed E-state index contributed by atoms with van der Waals surface area (Å²) in [7, 11) is 0. The molecule has 3 rings (SSSR count). The van der Waals surface area contributed by atoms with Crippen molar-refractivity contribution in [3.8, 4) is 11.6 Å². The van der Waals surface area contributed by atoms with Crippen LogP contribution in [0.3, 0.4) is 0 Å². The van der Waals surface area contributed by atoms with Crippen LogP contribution >= 0.6 is 11.3 Å². The molecule has 0 atom stereocenters. The topological polar surface area (TPSA) is 76.7 Å². The van der Waals surface area contributed by atoms with E-state index in [1.165, 1.54) is 17.4 Å². The number of aliphatic carboxylic acids is 1. The summed E-state index contributed by atoms with van der Waals surface area (Å²) in [6.45, 7) is 0. The van der Waals surface area contributed by atoms with Gasteiger partial charge in [0, 0.05) is 23.8 Å². The summed E-state index contributed by atoms with van der Waals surface area (Å²) in [5.74, 6) is -0.131. The number of carboxylic acids is 1. The lowest BCUT2D eigenvalue weighted by molar-refractivity contribution is -0.131. The van der Waals surface area contributed by atoms with E-state index in [2.05, 4.69) is 9.97 Å². The molecule has 3 aromatic rings. The molecule has 0 spiro atoms. The van der Waals surface area contributed by atoms with Gasteiger partial charge in [-0.3, -0.25) is 9.38 Å². The van der Waals surface area contributed by atoms with E-state index >= 15 is 0 Å². The van der Waals surface area contributed by atoms with E-state index in [0.29, 0.717) is 17.3 Å². The molecule has 0 aliphatic rings. The van der Waals surface area contributed by atoms with Crippen LogP contribution < -0.4 is 4.74 Å². The van der Waals surface area contributed by atoms with Gasteiger partial charge in [0.15, 0.2) is 4.96 Å². The number of thiazole rings is 1. The monoisotopic (exact) mass is 287 g/mol. The van der Waals surface area contributed by atoms with Crippen LogP contribution in [0.2, 0.25) is 0 Å². The minimum Gasteiger partial charge on any atom is -0.478 e. The highest BCUT2D eigenvalue weighted by atomic mass is 32.1. The van der Waals surface area contributed by atoms with Gasteiger partial charge in [-0.2, -0.15) is 4.98 Å². The highest BCUT2D eigenvalue weighted by Gasteiger charge is 2.13. The summed E-state index contributed by atoms with van der Waals surface area (Å²) in [6.07, 6.45) is 7.53. The molecule has 0 saturated heterocycles. The average molecular weight is 287 g/mol. The van der Waals surface area contributed by atoms with Crippen LogP contribution in [0.5, 0.6) is 11.6 Å². The largest absolute Gasteiger partial charge is 0.478 e. The fourth-order valence-electron chi connectivity index (χ4n) is 1.68. The third-order valence-corrected chi connectivity index (χ3v) is 3.25. The van der Waals surface area contributed by atoms with Crippen LogP contribution in [0.25, 0.3) is 11.0 Å². The molecule has 0 aliphatic heterocycles. The molecule has 0 radical (unpaired) electrons. The second-order valence-electron chi connectivity index (χ2n) is 3.82. The molecule has 0 fully saturated rings. The molecule has 100 valence electrons. The lowest BCUT2D eigenvalue weighted by atomic mass is 10.4. The van der Waals surface area contributed by atoms with Gasteiger partial charge in [0.05, 0.1) is 6.20 Å². The van der Waals surface area contributed by atoms with Gasteiger partial charge < -0.3 is 9.84 Å². The number of fused-ring (bicyclic) bond motifs is 1. The smallest absolute Gasteiger partial charge is 0.328 e. The highest BCUT2D eigenvalue weighted by molar-refractivity contribution is 7.15. The highest BCUT2D eigenvalue weighted by Crippen LogP contribution is 2.28. The van der Waals surface area contributed by atoms with E-state index in [9.17, 15) is 4.79 Å². The van der Waals surface area contributed by atoms with E-state index in [4.69, 9.17) is 9.84 Å². The van der Waals surface area contributed by atoms with Gasteiger partial charge in [-0.1, -0.05) is 0 Å². The van der Waals surface area contributed by atoms with E-state index in [-0.39, 0.29) is 0 Å². The Hall–Kier alpha value is -2.67. The third kappa shape index (κ3) is 2.39. The number of imidazole rings is 1. The molecular weight excluding hydrogens is 278 g/mol. The number of carboxylic acid groups (broad SMARTS) is 1. The molecule has 3 heterocycles. The summed E-state index contributed by atoms with van der Waals surface area (Å²) in [6, 6.07) is 3.51. The Balaban J connectivity index is 2.03. The lowest BCUT2D eigenvalue weighted by Crippen LogP contribution is -1.91. The normalized spacial score (nSPS) is 11.2. The number of hydrogen-bond acceptors (Lipinski definition) is 5. The van der Waals surface area contributed by atoms with Crippen molar-refractivity contribution in [1.82, 2.24) is 14.4 Å². The predicted molar refractivity (Wildman–Crippen MR) is 74.0 cm³/mol. The van der Waals surface area contributed by atoms with Gasteiger partial charge in [0.1, 0.15) is 11.4 Å². The summed E-state index contributed by atoms with van der Waals surface area (Å²) in [5.41, 5.74) is 0.576. The van der Waals surface area contributed by atoms with Crippen molar-refractivity contribution in [2.24, 2.45) is 0 Å². The first-order valence-electron chi connectivity index (χ1n) is 5.68. The van der Waals surface area contributed by atoms with Crippen LogP contribution in [0.15, 0.2) is 42.2 Å². The van der Waals surface area contributed by atoms with Gasteiger partial charge in [-0.15, -0.1) is 11.3 Å². The van der Waals surface area contributed by atoms with Crippen LogP contribution in [-0.4, -0.2) is 25.4 Å². The molecule has 20 heavy (non-hydrogen) atoms. The first kappa shape index (κ1) is 12.4. The van der Waals surface area contributed by atoms with E-state index in [1.807, 2.05) is 11.6 Å². The first-order chi connectivity index (χ1) is 9.74. The number of pyridine rings is 1. The van der Waals surface area contributed by atoms with Gasteiger partial charge >= 0.3 is 5.97 Å². The third-order valence-electron chi connectivity index (χ3n) is 2.50. The number of hydrogen-bond donors (Lipinski definition) is 1. The molecule has 0 bridgehead atoms. The fraction of sp³-hybridized carbons (Fsp3) is 0. The molecule has 0 saturated carbocycles. The Morgan fingerprint density at radius 2 is 2.40 bits per heavy atom. The van der Waals surface area contributed by atoms with Gasteiger partial charge in [-0.25, -0.2) is 4.79 Å². The first-order valence-corrected chi connectivity index (χ1v) is 6.56. The molecule has 0 aromatic carbocycles. The van der Waals surface area contributed by atoms with Crippen molar-refractivity contribution in [1.29, 1.82) is 0 Å². The summed E-state index contributed by atoms with van der Waals surface area (Å²) in [4.78, 5) is 19.7. The van der Waals surface area contributed by atoms with Crippen LogP contribution in [0.4, 0.5) is 0 Å². The molecular formula is C13H9N3O3S. The minimum absolute atomic E-state index is 0.349. The molecule has 0 amide bonds. The second kappa shape index (κ2) is 5.14. The van der Waals surface area contributed by atoms with Crippen molar-refractivity contribution in [3.63, 3.8) is 0 Å². The Morgan fingerprint density at radius 1 is 1.50 bits per heavy atom. The van der Waals surface area contributed by atoms with Crippen molar-refractivity contribution in [3.05, 3.63) is 47.9 Å². The Morgan fingerprint density at radius 3 is 3.15 bits per heavy atom. The Bertz CT molecular complexity index is 777. The quantitative estimate of drug-likeness (QED) is 0.746. The van der Waals surface area contributed by atoms with Crippen molar-refractivity contribution in [2.75, 3.05) is 0 Å². The average Bonchev–Trinajstić information content (AvgIpc) is 2.99. The number of aromatic nitrogens is 3. The lowest BCUT2D eigenvalue weighted by Gasteiger charge is -2.02. The maximum atomic E-state index is 10.7. The maximum absolute atomic E-state index is 10.7. The summed E-state index contributed by atoms with van der Waals surface area (Å²) >= 11 is 1.44. The van der Waals surface area contributed by atoms with Gasteiger partial charge in [0.2, 0.25) is 5.88 Å². The van der Waals surface area contributed by atoms with Crippen molar-refractivity contribution in [2.45, 2.75) is 0 Å². The Labute approximate surface area is 117 Å². The maximum Gasteiger partial charge on any atom is 0.328 e. The van der Waals surface area contributed by atoms with Gasteiger partial charge in [0.25, 0.3) is 0 Å². The Kier molecular flexibility index (Phi) is 3.18. The zero-order valence-corrected chi connectivity index (χ0v) is 10.9. The molecule has 1 N–H and O–H groups in total. The van der Waals surface area contributed by atoms with Crippen LogP contribution in [0.1, 0.15) is 5.69 Å². The van der Waals surface area contributed by atoms with E-state index in [0.717, 1.165) is 11.0 Å². The summed E-state index contributed by atoms with van der Waals surface area (Å²) in [5, 5.41) is 10.6. The van der Waals surface area contributed by atoms with Crippen LogP contribution in [-0.2, 0) is 4.79 Å². The molecule has 0 unspecified atom stereocenters. The minimum atomic E-state index is -1.03. The predicted octanol–water partition coefficient (Wildman–Crippen LogP) is 2.68. The standard InChI is InChI=1S/C13H9N3O3S/c17-11(18)4-3-10-12(15-13-16(10)6-7-20-13)19-9-2-1-5-14-8-9/h1-8H,(H,17,18)/b4-3+. The number of carbonyl (C=O) groups is 1. The SMILES string of the molecule is O=C(O)/C=C/c1c(Oc2cccnc2)nc2sccn12. The van der Waals surface area contributed by atoms with E-state index in [1.54, 1.807) is 28.9 Å². The van der Waals surface area contributed by atoms with E-state index < -0.39 is 5.97 Å². The van der Waals surface area contributed by atoms with Gasteiger partial charge in [-0.05, 0) is 18.2 Å². The molecule has 6 nitrogen and oxygen atoms in total. The number of rotatable bonds is 4. The zero-order valence-electron chi connectivity index (χ0n) is 10.1. The van der Waals surface area contributed by atoms with Crippen molar-refractivity contribution < 1.29 is 14.6 Å². The summed E-state index contributed by atoms with van der Waals surface area (Å²) < 4.78 is 7.43. The second-order valence-corrected chi connectivity index (χ2v) is 4.69. The van der Waals surface area contributed by atoms with Crippen molar-refractivity contribution >= 4 is 28.3 Å². The number of ether oxygens (including phenoxy) is 1. The number of nitrogens with zero attached hydrogens (tertiary/aromatic N) is 3. The van der Waals surface area contributed by atoms with Crippen LogP contribution in [0, 0.1) is 0 Å². The molecule has 3 aromatic heterocycles. The molecule has 0 aliphatic carbocycles.